The minimum atomic E-state index is -1.20. The van der Waals surface area contributed by atoms with Gasteiger partial charge in [-0.2, -0.15) is 0 Å². The fourth-order valence-corrected chi connectivity index (χ4v) is 2.68. The van der Waals surface area contributed by atoms with E-state index >= 15 is 0 Å². The summed E-state index contributed by atoms with van der Waals surface area (Å²) in [5.74, 6) is -2.79. The molecule has 0 amide bonds. The number of carbonyl (C=O) groups excluding carboxylic acids is 4. The molecule has 0 spiro atoms. The summed E-state index contributed by atoms with van der Waals surface area (Å²) < 4.78 is 19.8. The monoisotopic (exact) mass is 486 g/mol. The van der Waals surface area contributed by atoms with E-state index in [0.29, 0.717) is 10.8 Å². The predicted molar refractivity (Wildman–Crippen MR) is 123 cm³/mol. The smallest absolute Gasteiger partial charge is 0.338 e. The van der Waals surface area contributed by atoms with Crippen molar-refractivity contribution >= 4 is 34.6 Å². The van der Waals surface area contributed by atoms with E-state index in [1.54, 1.807) is 18.2 Å². The van der Waals surface area contributed by atoms with E-state index in [4.69, 9.17) is 18.9 Å². The highest BCUT2D eigenvalue weighted by Gasteiger charge is 2.18. The van der Waals surface area contributed by atoms with Gasteiger partial charge in [0.25, 0.3) is 0 Å². The van der Waals surface area contributed by atoms with Crippen LogP contribution in [0.15, 0.2) is 61.2 Å². The molecule has 2 rings (SSSR count). The van der Waals surface area contributed by atoms with Crippen LogP contribution < -0.4 is 0 Å². The van der Waals surface area contributed by atoms with Gasteiger partial charge in [-0.05, 0) is 42.0 Å². The van der Waals surface area contributed by atoms with Gasteiger partial charge in [0.2, 0.25) is 0 Å². The number of benzene rings is 2. The molecule has 2 unspecified atom stereocenters. The maximum absolute atomic E-state index is 12.4. The summed E-state index contributed by atoms with van der Waals surface area (Å²) in [7, 11) is 0. The summed E-state index contributed by atoms with van der Waals surface area (Å²) in [6.45, 7) is 6.56. The summed E-state index contributed by atoms with van der Waals surface area (Å²) in [5.41, 5.74) is 0.584. The van der Waals surface area contributed by atoms with Crippen LogP contribution in [-0.4, -0.2) is 72.7 Å². The second kappa shape index (κ2) is 13.0. The zero-order valence-electron chi connectivity index (χ0n) is 19.1. The Balaban J connectivity index is 1.98. The van der Waals surface area contributed by atoms with Gasteiger partial charge >= 0.3 is 23.9 Å². The number of esters is 4. The molecule has 0 saturated carbocycles. The molecule has 0 aliphatic heterocycles. The van der Waals surface area contributed by atoms with Crippen molar-refractivity contribution in [1.82, 2.24) is 0 Å². The second-order valence-corrected chi connectivity index (χ2v) is 7.45. The lowest BCUT2D eigenvalue weighted by molar-refractivity contribution is -0.143. The van der Waals surface area contributed by atoms with Gasteiger partial charge in [0.15, 0.2) is 6.10 Å². The standard InChI is InChI=1S/C25H26O10/c1-4-22(28)32-14-21(11-26)35-25(31)19-8-6-16-9-18(7-5-17(16)10-19)24(30)34-13-20(27)12-33-23(29)15(2)3/h4-10,20-21,26-27H,1-2,11-14H2,3H3. The first-order chi connectivity index (χ1) is 16.6. The highest BCUT2D eigenvalue weighted by molar-refractivity contribution is 5.99. The molecule has 35 heavy (non-hydrogen) atoms. The van der Waals surface area contributed by atoms with Crippen molar-refractivity contribution in [2.75, 3.05) is 26.4 Å². The summed E-state index contributed by atoms with van der Waals surface area (Å²) in [5, 5.41) is 20.4. The van der Waals surface area contributed by atoms with Gasteiger partial charge in [0.05, 0.1) is 17.7 Å². The lowest BCUT2D eigenvalue weighted by Gasteiger charge is -2.15. The fourth-order valence-electron chi connectivity index (χ4n) is 2.68. The third kappa shape index (κ3) is 8.36. The largest absolute Gasteiger partial charge is 0.459 e. The molecule has 0 aliphatic carbocycles. The Hall–Kier alpha value is -4.02. The maximum Gasteiger partial charge on any atom is 0.338 e. The summed E-state index contributed by atoms with van der Waals surface area (Å²) in [4.78, 5) is 47.2. The number of aliphatic hydroxyl groups is 2. The van der Waals surface area contributed by atoms with E-state index in [2.05, 4.69) is 13.2 Å². The third-order valence-electron chi connectivity index (χ3n) is 4.53. The van der Waals surface area contributed by atoms with E-state index in [0.717, 1.165) is 6.08 Å². The SMILES string of the molecule is C=CC(=O)OCC(CO)OC(=O)c1ccc2cc(C(=O)OCC(O)COC(=O)C(=C)C)ccc2c1. The van der Waals surface area contributed by atoms with E-state index in [1.165, 1.54) is 25.1 Å². The van der Waals surface area contributed by atoms with Crippen LogP contribution >= 0.6 is 0 Å². The van der Waals surface area contributed by atoms with Crippen molar-refractivity contribution in [2.24, 2.45) is 0 Å². The third-order valence-corrected chi connectivity index (χ3v) is 4.53. The van der Waals surface area contributed by atoms with Gasteiger partial charge in [-0.15, -0.1) is 0 Å². The average molecular weight is 486 g/mol. The molecule has 0 fully saturated rings. The minimum Gasteiger partial charge on any atom is -0.459 e. The first kappa shape index (κ1) is 27.2. The second-order valence-electron chi connectivity index (χ2n) is 7.45. The summed E-state index contributed by atoms with van der Waals surface area (Å²) in [6.07, 6.45) is -1.29. The molecule has 10 heteroatoms. The molecule has 186 valence electrons. The Labute approximate surface area is 201 Å². The Morgan fingerprint density at radius 2 is 1.49 bits per heavy atom. The van der Waals surface area contributed by atoms with Crippen molar-refractivity contribution in [3.05, 3.63) is 72.3 Å². The molecule has 2 aromatic carbocycles. The van der Waals surface area contributed by atoms with Crippen LogP contribution in [0.4, 0.5) is 0 Å². The van der Waals surface area contributed by atoms with Crippen LogP contribution in [0.2, 0.25) is 0 Å². The minimum absolute atomic E-state index is 0.184. The number of hydrogen-bond acceptors (Lipinski definition) is 10. The molecular weight excluding hydrogens is 460 g/mol. The Morgan fingerprint density at radius 1 is 0.914 bits per heavy atom. The molecule has 2 N–H and O–H groups in total. The zero-order valence-corrected chi connectivity index (χ0v) is 19.1. The normalized spacial score (nSPS) is 12.2. The number of ether oxygens (including phenoxy) is 4. The molecule has 0 bridgehead atoms. The van der Waals surface area contributed by atoms with E-state index < -0.39 is 42.7 Å². The van der Waals surface area contributed by atoms with Crippen molar-refractivity contribution in [2.45, 2.75) is 19.1 Å². The number of carbonyl (C=O) groups is 4. The van der Waals surface area contributed by atoms with Gasteiger partial charge in [-0.1, -0.05) is 25.3 Å². The van der Waals surface area contributed by atoms with Crippen LogP contribution in [0.25, 0.3) is 10.8 Å². The Kier molecular flexibility index (Phi) is 10.1. The topological polar surface area (TPSA) is 146 Å². The summed E-state index contributed by atoms with van der Waals surface area (Å²) in [6, 6.07) is 9.24. The quantitative estimate of drug-likeness (QED) is 0.258. The number of hydrogen-bond donors (Lipinski definition) is 2. The van der Waals surface area contributed by atoms with Crippen molar-refractivity contribution < 1.29 is 48.3 Å². The van der Waals surface area contributed by atoms with Gasteiger partial charge in [-0.25, -0.2) is 19.2 Å². The molecule has 0 aromatic heterocycles. The fraction of sp³-hybridized carbons (Fsp3) is 0.280. The van der Waals surface area contributed by atoms with Crippen LogP contribution in [0.3, 0.4) is 0 Å². The Bertz CT molecular complexity index is 1120. The lowest BCUT2D eigenvalue weighted by atomic mass is 10.0. The van der Waals surface area contributed by atoms with Crippen molar-refractivity contribution in [3.63, 3.8) is 0 Å². The molecule has 0 heterocycles. The molecule has 10 nitrogen and oxygen atoms in total. The maximum atomic E-state index is 12.4. The number of fused-ring (bicyclic) bond motifs is 1. The molecule has 0 radical (unpaired) electrons. The highest BCUT2D eigenvalue weighted by atomic mass is 16.6. The molecule has 2 atom stereocenters. The van der Waals surface area contributed by atoms with Crippen LogP contribution in [0.1, 0.15) is 27.6 Å². The molecular formula is C25H26O10. The highest BCUT2D eigenvalue weighted by Crippen LogP contribution is 2.20. The molecule has 0 saturated heterocycles. The first-order valence-corrected chi connectivity index (χ1v) is 10.5. The van der Waals surface area contributed by atoms with Gasteiger partial charge < -0.3 is 29.2 Å². The zero-order chi connectivity index (χ0) is 26.0. The van der Waals surface area contributed by atoms with E-state index in [9.17, 15) is 29.4 Å². The van der Waals surface area contributed by atoms with Crippen LogP contribution in [0, 0.1) is 0 Å². The van der Waals surface area contributed by atoms with Crippen molar-refractivity contribution in [1.29, 1.82) is 0 Å². The van der Waals surface area contributed by atoms with Gasteiger partial charge in [0, 0.05) is 11.6 Å². The van der Waals surface area contributed by atoms with Gasteiger partial charge in [0.1, 0.15) is 25.9 Å². The van der Waals surface area contributed by atoms with Crippen LogP contribution in [0.5, 0.6) is 0 Å². The predicted octanol–water partition coefficient (Wildman–Crippen LogP) is 1.72. The summed E-state index contributed by atoms with van der Waals surface area (Å²) >= 11 is 0. The van der Waals surface area contributed by atoms with Crippen LogP contribution in [-0.2, 0) is 28.5 Å². The Morgan fingerprint density at radius 3 is 2.03 bits per heavy atom. The van der Waals surface area contributed by atoms with Gasteiger partial charge in [-0.3, -0.25) is 0 Å². The van der Waals surface area contributed by atoms with E-state index in [1.807, 2.05) is 0 Å². The first-order valence-electron chi connectivity index (χ1n) is 10.5. The molecule has 0 aliphatic rings. The van der Waals surface area contributed by atoms with Crippen molar-refractivity contribution in [3.8, 4) is 0 Å². The average Bonchev–Trinajstić information content (AvgIpc) is 2.86. The number of rotatable bonds is 12. The number of aliphatic hydroxyl groups excluding tert-OH is 2. The lowest BCUT2D eigenvalue weighted by Crippen LogP contribution is -2.28. The van der Waals surface area contributed by atoms with E-state index in [-0.39, 0.29) is 36.5 Å². The molecule has 2 aromatic rings.